The molecule has 0 atom stereocenters. The van der Waals surface area contributed by atoms with Gasteiger partial charge in [0.05, 0.1) is 45.0 Å². The normalized spacial score (nSPS) is 13.0. The minimum atomic E-state index is -0.537. The summed E-state index contributed by atoms with van der Waals surface area (Å²) in [5, 5.41) is 2.53. The van der Waals surface area contributed by atoms with Crippen LogP contribution in [0.2, 0.25) is 0 Å². The number of anilines is 12. The number of hydrogen-bond acceptors (Lipinski definition) is 4. The van der Waals surface area contributed by atoms with E-state index in [1.165, 1.54) is 145 Å². The van der Waals surface area contributed by atoms with Gasteiger partial charge in [-0.05, 0) is 220 Å². The van der Waals surface area contributed by atoms with Gasteiger partial charge in [-0.15, -0.1) is 0 Å². The van der Waals surface area contributed by atoms with Crippen LogP contribution in [0.25, 0.3) is 77.5 Å². The highest BCUT2D eigenvalue weighted by atomic mass is 15.2. The quantitative estimate of drug-likeness (QED) is 0.121. The third-order valence-corrected chi connectivity index (χ3v) is 24.7. The first-order chi connectivity index (χ1) is 58.6. The zero-order chi connectivity index (χ0) is 78.1. The molecule has 0 radical (unpaired) electrons. The van der Waals surface area contributed by atoms with E-state index < -0.39 is 10.8 Å². The molecule has 118 heavy (non-hydrogen) atoms. The SMILES string of the molecule is c1ccc(-c2ccc(-c3ccc(N(c4ccccc4)c4cccc5c4-c4ccccc4C54c5ccccc5N(c5ccccc5)c5ccccc54)cc3)cc2)cc1.c1ccc(N(c2ccc(-c3ccc(-c4cccc5ccccc45)cc3)cc2)c2cccc3c2-c2ccccc2C32c3ccccc3N(c3ccccc3)c3ccccc32)cc1. The molecule has 0 aromatic heterocycles. The minimum Gasteiger partial charge on any atom is -0.310 e. The summed E-state index contributed by atoms with van der Waals surface area (Å²) >= 11 is 0. The Balaban J connectivity index is 0.000000143. The van der Waals surface area contributed by atoms with Crippen molar-refractivity contribution >= 4 is 79.0 Å². The van der Waals surface area contributed by atoms with Gasteiger partial charge in [-0.2, -0.15) is 0 Å². The summed E-state index contributed by atoms with van der Waals surface area (Å²) in [5.41, 5.74) is 37.8. The maximum absolute atomic E-state index is 2.44. The Hall–Kier alpha value is -15.4. The summed E-state index contributed by atoms with van der Waals surface area (Å²) in [5.74, 6) is 0. The fraction of sp³-hybridized carbons (Fsp3) is 0.0175. The highest BCUT2D eigenvalue weighted by Gasteiger charge is 2.54. The van der Waals surface area contributed by atoms with Gasteiger partial charge in [0, 0.05) is 45.3 Å². The lowest BCUT2D eigenvalue weighted by Gasteiger charge is -2.45. The smallest absolute Gasteiger partial charge is 0.0755 e. The van der Waals surface area contributed by atoms with Crippen LogP contribution in [0.15, 0.2) is 473 Å². The fourth-order valence-electron chi connectivity index (χ4n) is 19.8. The maximum atomic E-state index is 2.44. The molecule has 4 heteroatoms. The van der Waals surface area contributed by atoms with Crippen molar-refractivity contribution in [1.29, 1.82) is 0 Å². The third-order valence-electron chi connectivity index (χ3n) is 24.7. The molecule has 0 fully saturated rings. The van der Waals surface area contributed by atoms with Crippen LogP contribution in [0, 0.1) is 0 Å². The van der Waals surface area contributed by atoms with Crippen molar-refractivity contribution in [2.24, 2.45) is 0 Å². The van der Waals surface area contributed by atoms with E-state index >= 15 is 0 Å². The van der Waals surface area contributed by atoms with E-state index in [4.69, 9.17) is 0 Å². The zero-order valence-electron chi connectivity index (χ0n) is 64.8. The molecule has 0 saturated carbocycles. The number of rotatable bonds is 12. The van der Waals surface area contributed by atoms with Crippen LogP contribution in [-0.2, 0) is 10.8 Å². The van der Waals surface area contributed by atoms with E-state index in [1.54, 1.807) is 0 Å². The topological polar surface area (TPSA) is 13.0 Å². The van der Waals surface area contributed by atoms with Crippen molar-refractivity contribution in [3.8, 4) is 66.8 Å². The van der Waals surface area contributed by atoms with Gasteiger partial charge in [0.2, 0.25) is 0 Å². The lowest BCUT2D eigenvalue weighted by molar-refractivity contribution is 0.752. The van der Waals surface area contributed by atoms with Gasteiger partial charge >= 0.3 is 0 Å². The molecule has 23 rings (SSSR count). The molecule has 2 heterocycles. The Kier molecular flexibility index (Phi) is 17.0. The van der Waals surface area contributed by atoms with Crippen molar-refractivity contribution < 1.29 is 0 Å². The van der Waals surface area contributed by atoms with E-state index in [-0.39, 0.29) is 0 Å². The highest BCUT2D eigenvalue weighted by molar-refractivity contribution is 6.05. The Morgan fingerprint density at radius 3 is 0.831 bits per heavy atom. The summed E-state index contributed by atoms with van der Waals surface area (Å²) in [6.45, 7) is 0. The molecule has 0 N–H and O–H groups in total. The van der Waals surface area contributed by atoms with Gasteiger partial charge in [0.25, 0.3) is 0 Å². The predicted octanol–water partition coefficient (Wildman–Crippen LogP) is 30.4. The molecule has 0 bridgehead atoms. The van der Waals surface area contributed by atoms with Crippen molar-refractivity contribution in [2.75, 3.05) is 19.6 Å². The van der Waals surface area contributed by atoms with E-state index in [0.717, 1.165) is 45.5 Å². The largest absolute Gasteiger partial charge is 0.310 e. The minimum absolute atomic E-state index is 0.529. The summed E-state index contributed by atoms with van der Waals surface area (Å²) in [4.78, 5) is 9.76. The zero-order valence-corrected chi connectivity index (χ0v) is 64.8. The number of benzene rings is 19. The third kappa shape index (κ3) is 11.1. The molecule has 2 aliphatic heterocycles. The van der Waals surface area contributed by atoms with Crippen LogP contribution in [0.4, 0.5) is 68.2 Å². The number of hydrogen-bond donors (Lipinski definition) is 0. The van der Waals surface area contributed by atoms with E-state index in [2.05, 4.69) is 493 Å². The molecule has 554 valence electrons. The number of fused-ring (bicyclic) bond motifs is 19. The van der Waals surface area contributed by atoms with Gasteiger partial charge in [0.1, 0.15) is 0 Å². The first-order valence-electron chi connectivity index (χ1n) is 40.8. The van der Waals surface area contributed by atoms with Gasteiger partial charge in [-0.25, -0.2) is 0 Å². The lowest BCUT2D eigenvalue weighted by Crippen LogP contribution is -2.36. The van der Waals surface area contributed by atoms with Crippen LogP contribution >= 0.6 is 0 Å². The van der Waals surface area contributed by atoms with E-state index in [0.29, 0.717) is 0 Å². The summed E-state index contributed by atoms with van der Waals surface area (Å²) < 4.78 is 0. The Bertz CT molecular complexity index is 6870. The summed E-state index contributed by atoms with van der Waals surface area (Å²) in [6, 6.07) is 173. The van der Waals surface area contributed by atoms with Crippen molar-refractivity contribution in [3.05, 3.63) is 518 Å². The van der Waals surface area contributed by atoms with E-state index in [9.17, 15) is 0 Å². The Morgan fingerprint density at radius 2 is 0.432 bits per heavy atom. The fourth-order valence-corrected chi connectivity index (χ4v) is 19.8. The molecule has 0 saturated heterocycles. The van der Waals surface area contributed by atoms with Gasteiger partial charge in [-0.3, -0.25) is 0 Å². The Labute approximate surface area is 689 Å². The van der Waals surface area contributed by atoms with Crippen molar-refractivity contribution in [1.82, 2.24) is 0 Å². The average Bonchev–Trinajstić information content (AvgIpc) is 1.51. The Morgan fingerprint density at radius 1 is 0.169 bits per heavy atom. The van der Waals surface area contributed by atoms with Crippen LogP contribution in [-0.4, -0.2) is 0 Å². The molecule has 19 aromatic rings. The van der Waals surface area contributed by atoms with E-state index in [1.807, 2.05) is 0 Å². The first kappa shape index (κ1) is 69.4. The first-order valence-corrected chi connectivity index (χ1v) is 40.8. The lowest BCUT2D eigenvalue weighted by atomic mass is 9.64. The van der Waals surface area contributed by atoms with Gasteiger partial charge in [0.15, 0.2) is 0 Å². The maximum Gasteiger partial charge on any atom is 0.0755 e. The number of para-hydroxylation sites is 8. The second kappa shape index (κ2) is 28.9. The van der Waals surface area contributed by atoms with Crippen LogP contribution in [0.1, 0.15) is 44.5 Å². The van der Waals surface area contributed by atoms with Crippen LogP contribution in [0.5, 0.6) is 0 Å². The number of nitrogens with zero attached hydrogens (tertiary/aromatic N) is 4. The summed E-state index contributed by atoms with van der Waals surface area (Å²) in [7, 11) is 0. The molecule has 4 aliphatic rings. The van der Waals surface area contributed by atoms with Crippen LogP contribution in [0.3, 0.4) is 0 Å². The molecule has 0 amide bonds. The standard InChI is InChI=1S/C59H40N2.C55H38N2/c1-3-19-45(20-4-1)60(47-39-37-42(38-40-47)41-33-35-44(36-34-41)49-25-15-18-43-17-7-8-23-48(43)49)57-32-16-29-54-58(57)50-24-9-10-26-51(50)59(54)52-27-11-13-30-55(52)61(46-21-5-2-6-22-46)56-31-14-12-28-53(56)59;1-4-17-39(18-5-1)40-31-33-41(34-32-40)42-35-37-45(38-36-42)56(43-19-6-2-7-20-43)53-30-16-27-50-54(53)46-23-10-11-24-47(46)55(50)48-25-12-14-28-51(48)57(44-21-8-3-9-22-44)52-29-15-13-26-49(52)55/h1-40H;1-38H. The van der Waals surface area contributed by atoms with Gasteiger partial charge < -0.3 is 19.6 Å². The second-order valence-electron chi connectivity index (χ2n) is 30.9. The molecule has 2 spiro atoms. The van der Waals surface area contributed by atoms with Crippen molar-refractivity contribution in [3.63, 3.8) is 0 Å². The average molecular weight is 1500 g/mol. The molecule has 2 aliphatic carbocycles. The molecule has 4 nitrogen and oxygen atoms in total. The van der Waals surface area contributed by atoms with Gasteiger partial charge in [-0.1, -0.05) is 364 Å². The molecule has 19 aromatic carbocycles. The molecule has 0 unspecified atom stereocenters. The highest BCUT2D eigenvalue weighted by Crippen LogP contribution is 2.68. The van der Waals surface area contributed by atoms with Crippen LogP contribution < -0.4 is 19.6 Å². The monoisotopic (exact) mass is 1500 g/mol. The second-order valence-corrected chi connectivity index (χ2v) is 30.9. The van der Waals surface area contributed by atoms with Crippen molar-refractivity contribution in [2.45, 2.75) is 10.8 Å². The molecular formula is C114H78N4. The molecular weight excluding hydrogens is 1430 g/mol. The predicted molar refractivity (Wildman–Crippen MR) is 493 cm³/mol. The summed E-state index contributed by atoms with van der Waals surface area (Å²) in [6.07, 6.45) is 0.